The lowest BCUT2D eigenvalue weighted by atomic mass is 9.75. The van der Waals surface area contributed by atoms with Gasteiger partial charge in [-0.05, 0) is 27.2 Å². The number of hydrogen-bond acceptors (Lipinski definition) is 0. The minimum Gasteiger partial charge on any atom is -0.0649 e. The van der Waals surface area contributed by atoms with Crippen LogP contribution in [0, 0.1) is 17.8 Å². The zero-order valence-corrected chi connectivity index (χ0v) is 8.07. The van der Waals surface area contributed by atoms with Crippen LogP contribution in [0.5, 0.6) is 0 Å². The van der Waals surface area contributed by atoms with Crippen molar-refractivity contribution in [3.63, 3.8) is 0 Å². The van der Waals surface area contributed by atoms with Crippen molar-refractivity contribution >= 4 is 0 Å². The van der Waals surface area contributed by atoms with Gasteiger partial charge in [0.25, 0.3) is 0 Å². The zero-order chi connectivity index (χ0) is 8.20. The average molecular weight is 141 g/mol. The van der Waals surface area contributed by atoms with Gasteiger partial charge in [-0.1, -0.05) is 13.8 Å². The monoisotopic (exact) mass is 141 g/mol. The van der Waals surface area contributed by atoms with Gasteiger partial charge in [-0.25, -0.2) is 0 Å². The van der Waals surface area contributed by atoms with Crippen molar-refractivity contribution in [3.05, 3.63) is 6.42 Å². The molecule has 0 amide bonds. The molecule has 0 aromatic carbocycles. The van der Waals surface area contributed by atoms with Gasteiger partial charge in [0.05, 0.1) is 12.8 Å². The maximum Gasteiger partial charge on any atom is 0.105 e. The molecule has 0 spiro atoms. The van der Waals surface area contributed by atoms with Crippen LogP contribution < -0.4 is 0 Å². The molecule has 0 nitrogen and oxygen atoms in total. The molecular formula is C10H21+. The predicted molar refractivity (Wildman–Crippen MR) is 47.8 cm³/mol. The lowest BCUT2D eigenvalue weighted by Crippen LogP contribution is -2.21. The molecule has 0 N–H and O–H groups in total. The molecule has 0 fully saturated rings. The molecule has 0 rings (SSSR count). The van der Waals surface area contributed by atoms with Gasteiger partial charge >= 0.3 is 0 Å². The summed E-state index contributed by atoms with van der Waals surface area (Å²) in [5.74, 6) is 0.812. The summed E-state index contributed by atoms with van der Waals surface area (Å²) in [6.45, 7) is 11.4. The molecule has 0 aliphatic heterocycles. The second-order valence-electron chi connectivity index (χ2n) is 3.74. The topological polar surface area (TPSA) is 0 Å². The molecule has 1 atom stereocenters. The first-order valence-electron chi connectivity index (χ1n) is 4.39. The van der Waals surface area contributed by atoms with Crippen LogP contribution >= 0.6 is 0 Å². The second kappa shape index (κ2) is 3.90. The quantitative estimate of drug-likeness (QED) is 0.524. The van der Waals surface area contributed by atoms with Crippen LogP contribution in [0.3, 0.4) is 0 Å². The van der Waals surface area contributed by atoms with E-state index in [9.17, 15) is 0 Å². The fourth-order valence-electron chi connectivity index (χ4n) is 1.25. The molecule has 0 bridgehead atoms. The molecule has 0 saturated carbocycles. The Kier molecular flexibility index (Phi) is 3.85. The van der Waals surface area contributed by atoms with E-state index >= 15 is 0 Å². The minimum atomic E-state index is 0.434. The molecule has 0 heterocycles. The van der Waals surface area contributed by atoms with E-state index in [1.165, 1.54) is 12.8 Å². The smallest absolute Gasteiger partial charge is 0.0649 e. The molecule has 0 aliphatic rings. The molecule has 0 aromatic rings. The highest BCUT2D eigenvalue weighted by molar-refractivity contribution is 4.87. The highest BCUT2D eigenvalue weighted by Gasteiger charge is 2.31. The second-order valence-corrected chi connectivity index (χ2v) is 3.74. The van der Waals surface area contributed by atoms with Gasteiger partial charge in [0.15, 0.2) is 0 Å². The fourth-order valence-corrected chi connectivity index (χ4v) is 1.25. The molecule has 0 heteroatoms. The lowest BCUT2D eigenvalue weighted by Gasteiger charge is -2.22. The van der Waals surface area contributed by atoms with Gasteiger partial charge < -0.3 is 0 Å². The molecule has 1 unspecified atom stereocenters. The maximum atomic E-state index is 2.42. The number of hydrogen-bond donors (Lipinski definition) is 0. The Labute approximate surface area is 66.0 Å². The summed E-state index contributed by atoms with van der Waals surface area (Å²) >= 11 is 0. The van der Waals surface area contributed by atoms with Gasteiger partial charge in [-0.3, -0.25) is 0 Å². The van der Waals surface area contributed by atoms with Crippen molar-refractivity contribution in [3.8, 4) is 0 Å². The fraction of sp³-hybridized carbons (Fsp3) is 0.900. The Balaban J connectivity index is 3.82. The molecule has 0 saturated heterocycles. The van der Waals surface area contributed by atoms with E-state index < -0.39 is 0 Å². The largest absolute Gasteiger partial charge is 0.105 e. The third kappa shape index (κ3) is 2.64. The van der Waals surface area contributed by atoms with Crippen LogP contribution in [0.15, 0.2) is 0 Å². The van der Waals surface area contributed by atoms with Crippen molar-refractivity contribution in [2.45, 2.75) is 47.5 Å². The van der Waals surface area contributed by atoms with E-state index in [4.69, 9.17) is 0 Å². The van der Waals surface area contributed by atoms with E-state index in [0.29, 0.717) is 5.41 Å². The van der Waals surface area contributed by atoms with Crippen molar-refractivity contribution in [1.82, 2.24) is 0 Å². The average Bonchev–Trinajstić information content (AvgIpc) is 1.86. The van der Waals surface area contributed by atoms with E-state index in [1.807, 2.05) is 0 Å². The van der Waals surface area contributed by atoms with E-state index in [1.54, 1.807) is 0 Å². The van der Waals surface area contributed by atoms with Crippen molar-refractivity contribution in [2.75, 3.05) is 0 Å². The van der Waals surface area contributed by atoms with Crippen LogP contribution in [-0.2, 0) is 0 Å². The highest BCUT2D eigenvalue weighted by Crippen LogP contribution is 2.32. The normalized spacial score (nSPS) is 14.9. The predicted octanol–water partition coefficient (Wildman–Crippen LogP) is 3.67. The van der Waals surface area contributed by atoms with Gasteiger partial charge in [0, 0.05) is 5.92 Å². The summed E-state index contributed by atoms with van der Waals surface area (Å²) in [6, 6.07) is 0. The van der Waals surface area contributed by atoms with Gasteiger partial charge in [0.2, 0.25) is 0 Å². The van der Waals surface area contributed by atoms with Crippen LogP contribution in [-0.4, -0.2) is 0 Å². The standard InChI is InChI=1S/C10H21/c1-6-8-10(4,5)9(3)7-2/h8-9H,6-7H2,1-5H3/q+1. The molecule has 10 heavy (non-hydrogen) atoms. The summed E-state index contributed by atoms with van der Waals surface area (Å²) in [6.07, 6.45) is 4.89. The SMILES string of the molecule is CC[CH+]C(C)(C)C(C)CC. The van der Waals surface area contributed by atoms with Crippen LogP contribution in [0.25, 0.3) is 0 Å². The first kappa shape index (κ1) is 9.87. The summed E-state index contributed by atoms with van der Waals surface area (Å²) < 4.78 is 0. The Hall–Kier alpha value is -0.130. The maximum absolute atomic E-state index is 2.42. The van der Waals surface area contributed by atoms with Crippen LogP contribution in [0.4, 0.5) is 0 Å². The summed E-state index contributed by atoms with van der Waals surface area (Å²) in [7, 11) is 0. The molecule has 0 aliphatic carbocycles. The van der Waals surface area contributed by atoms with Crippen molar-refractivity contribution in [2.24, 2.45) is 11.3 Å². The number of rotatable bonds is 4. The van der Waals surface area contributed by atoms with Crippen molar-refractivity contribution < 1.29 is 0 Å². The molecule has 0 aromatic heterocycles. The minimum absolute atomic E-state index is 0.434. The lowest BCUT2D eigenvalue weighted by molar-refractivity contribution is 0.267. The van der Waals surface area contributed by atoms with Gasteiger partial charge in [-0.15, -0.1) is 0 Å². The van der Waals surface area contributed by atoms with Crippen molar-refractivity contribution in [1.29, 1.82) is 0 Å². The Morgan fingerprint density at radius 2 is 1.80 bits per heavy atom. The summed E-state index contributed by atoms with van der Waals surface area (Å²) in [5.41, 5.74) is 0.434. The van der Waals surface area contributed by atoms with E-state index in [2.05, 4.69) is 41.0 Å². The Bertz CT molecular complexity index is 82.0. The Morgan fingerprint density at radius 1 is 1.30 bits per heavy atom. The Morgan fingerprint density at radius 3 is 2.10 bits per heavy atom. The van der Waals surface area contributed by atoms with E-state index in [0.717, 1.165) is 5.92 Å². The van der Waals surface area contributed by atoms with Crippen LogP contribution in [0.2, 0.25) is 0 Å². The molecular weight excluding hydrogens is 120 g/mol. The zero-order valence-electron chi connectivity index (χ0n) is 8.07. The third-order valence-corrected chi connectivity index (χ3v) is 2.61. The first-order valence-corrected chi connectivity index (χ1v) is 4.39. The summed E-state index contributed by atoms with van der Waals surface area (Å²) in [5, 5.41) is 0. The van der Waals surface area contributed by atoms with Crippen LogP contribution in [0.1, 0.15) is 47.5 Å². The summed E-state index contributed by atoms with van der Waals surface area (Å²) in [4.78, 5) is 0. The van der Waals surface area contributed by atoms with Gasteiger partial charge in [-0.2, -0.15) is 0 Å². The first-order chi connectivity index (χ1) is 4.54. The molecule has 60 valence electrons. The highest BCUT2D eigenvalue weighted by atomic mass is 14.3. The molecule has 0 radical (unpaired) electrons. The third-order valence-electron chi connectivity index (χ3n) is 2.61. The van der Waals surface area contributed by atoms with Gasteiger partial charge in [0.1, 0.15) is 5.41 Å². The van der Waals surface area contributed by atoms with E-state index in [-0.39, 0.29) is 0 Å².